The highest BCUT2D eigenvalue weighted by atomic mass is 16.5. The summed E-state index contributed by atoms with van der Waals surface area (Å²) in [4.78, 5) is 11.2. The van der Waals surface area contributed by atoms with E-state index in [1.165, 1.54) is 12.1 Å². The summed E-state index contributed by atoms with van der Waals surface area (Å²) in [6, 6.07) is 6.25. The molecule has 2 rings (SSSR count). The van der Waals surface area contributed by atoms with Gasteiger partial charge < -0.3 is 14.9 Å². The van der Waals surface area contributed by atoms with E-state index in [0.29, 0.717) is 18.6 Å². The number of ether oxygens (including phenoxy) is 1. The Kier molecular flexibility index (Phi) is 5.01. The van der Waals surface area contributed by atoms with Crippen LogP contribution in [0.3, 0.4) is 0 Å². The average Bonchev–Trinajstić information content (AvgIpc) is 2.81. The molecular weight excluding hydrogens is 232 g/mol. The molecule has 4 nitrogen and oxygen atoms in total. The molecule has 0 heterocycles. The van der Waals surface area contributed by atoms with Crippen molar-refractivity contribution in [2.45, 2.75) is 45.1 Å². The maximum absolute atomic E-state index is 11.2. The molecule has 1 aromatic carbocycles. The van der Waals surface area contributed by atoms with Crippen LogP contribution in [0.2, 0.25) is 0 Å². The van der Waals surface area contributed by atoms with Crippen molar-refractivity contribution in [2.24, 2.45) is 0 Å². The fourth-order valence-corrected chi connectivity index (χ4v) is 2.08. The van der Waals surface area contributed by atoms with Crippen LogP contribution in [0.4, 0.5) is 0 Å². The lowest BCUT2D eigenvalue weighted by Gasteiger charge is -2.25. The second-order valence-corrected chi connectivity index (χ2v) is 4.11. The second kappa shape index (κ2) is 6.28. The fraction of sp³-hybridized carbons (Fsp3) is 0.500. The Bertz CT molecular complexity index is 395. The van der Waals surface area contributed by atoms with Gasteiger partial charge in [-0.1, -0.05) is 19.9 Å². The van der Waals surface area contributed by atoms with Crippen LogP contribution in [-0.2, 0) is 4.79 Å². The van der Waals surface area contributed by atoms with Gasteiger partial charge in [0, 0.05) is 6.07 Å². The first-order valence-corrected chi connectivity index (χ1v) is 6.34. The zero-order valence-electron chi connectivity index (χ0n) is 10.8. The quantitative estimate of drug-likeness (QED) is 0.867. The highest BCUT2D eigenvalue weighted by Gasteiger charge is 2.43. The lowest BCUT2D eigenvalue weighted by atomic mass is 10.0. The highest BCUT2D eigenvalue weighted by molar-refractivity contribution is 5.78. The summed E-state index contributed by atoms with van der Waals surface area (Å²) in [5, 5.41) is 18.5. The third-order valence-electron chi connectivity index (χ3n) is 2.93. The molecule has 18 heavy (non-hydrogen) atoms. The van der Waals surface area contributed by atoms with Crippen molar-refractivity contribution < 1.29 is 19.7 Å². The van der Waals surface area contributed by atoms with Crippen molar-refractivity contribution in [1.82, 2.24) is 0 Å². The predicted octanol–water partition coefficient (Wildman–Crippen LogP) is 3.19. The molecule has 0 aliphatic heterocycles. The van der Waals surface area contributed by atoms with Crippen molar-refractivity contribution in [3.63, 3.8) is 0 Å². The first kappa shape index (κ1) is 14.4. The summed E-state index contributed by atoms with van der Waals surface area (Å²) >= 11 is 0. The van der Waals surface area contributed by atoms with Crippen molar-refractivity contribution >= 4 is 5.97 Å². The van der Waals surface area contributed by atoms with E-state index >= 15 is 0 Å². The molecule has 1 fully saturated rings. The standard InChI is InChI=1S/C12H14O4.C2H6/c13-9-4-3-5-10(8-9)16-12(11(14)15)6-1-2-7-12;1-2/h3-5,8,13H,1-2,6-7H2,(H,14,15);1-2H3. The lowest BCUT2D eigenvalue weighted by molar-refractivity contribution is -0.154. The summed E-state index contributed by atoms with van der Waals surface area (Å²) in [7, 11) is 0. The SMILES string of the molecule is CC.O=C(O)C1(Oc2cccc(O)c2)CCCC1. The molecule has 1 aliphatic carbocycles. The van der Waals surface area contributed by atoms with Gasteiger partial charge in [-0.05, 0) is 37.8 Å². The van der Waals surface area contributed by atoms with Crippen LogP contribution in [-0.4, -0.2) is 21.8 Å². The third-order valence-corrected chi connectivity index (χ3v) is 2.93. The van der Waals surface area contributed by atoms with E-state index in [2.05, 4.69) is 0 Å². The van der Waals surface area contributed by atoms with E-state index in [-0.39, 0.29) is 5.75 Å². The molecule has 0 saturated heterocycles. The molecule has 0 amide bonds. The van der Waals surface area contributed by atoms with Crippen LogP contribution in [0.25, 0.3) is 0 Å². The highest BCUT2D eigenvalue weighted by Crippen LogP contribution is 2.35. The zero-order valence-corrected chi connectivity index (χ0v) is 10.8. The smallest absolute Gasteiger partial charge is 0.348 e. The van der Waals surface area contributed by atoms with Crippen LogP contribution in [0.1, 0.15) is 39.5 Å². The van der Waals surface area contributed by atoms with Crippen LogP contribution in [0, 0.1) is 0 Å². The van der Waals surface area contributed by atoms with E-state index < -0.39 is 11.6 Å². The normalized spacial score (nSPS) is 16.6. The number of hydrogen-bond donors (Lipinski definition) is 2. The van der Waals surface area contributed by atoms with Gasteiger partial charge in [-0.3, -0.25) is 0 Å². The minimum atomic E-state index is -1.10. The van der Waals surface area contributed by atoms with Crippen LogP contribution in [0.5, 0.6) is 11.5 Å². The fourth-order valence-electron chi connectivity index (χ4n) is 2.08. The van der Waals surface area contributed by atoms with Crippen LogP contribution >= 0.6 is 0 Å². The molecule has 100 valence electrons. The molecule has 2 N–H and O–H groups in total. The van der Waals surface area contributed by atoms with Crippen molar-refractivity contribution in [1.29, 1.82) is 0 Å². The number of carbonyl (C=O) groups is 1. The maximum atomic E-state index is 11.2. The minimum Gasteiger partial charge on any atom is -0.508 e. The van der Waals surface area contributed by atoms with Gasteiger partial charge in [-0.2, -0.15) is 0 Å². The number of rotatable bonds is 3. The predicted molar refractivity (Wildman–Crippen MR) is 68.9 cm³/mol. The topological polar surface area (TPSA) is 66.8 Å². The minimum absolute atomic E-state index is 0.0797. The summed E-state index contributed by atoms with van der Waals surface area (Å²) in [6.07, 6.45) is 2.78. The van der Waals surface area contributed by atoms with E-state index in [9.17, 15) is 15.0 Å². The number of aromatic hydroxyl groups is 1. The van der Waals surface area contributed by atoms with Gasteiger partial charge >= 0.3 is 5.97 Å². The molecule has 1 aromatic rings. The van der Waals surface area contributed by atoms with E-state index in [1.54, 1.807) is 12.1 Å². The molecule has 0 radical (unpaired) electrons. The number of hydrogen-bond acceptors (Lipinski definition) is 3. The molecule has 4 heteroatoms. The largest absolute Gasteiger partial charge is 0.508 e. The molecule has 0 unspecified atom stereocenters. The van der Waals surface area contributed by atoms with E-state index in [0.717, 1.165) is 12.8 Å². The van der Waals surface area contributed by atoms with Gasteiger partial charge in [-0.25, -0.2) is 4.79 Å². The number of carboxylic acids is 1. The molecule has 1 saturated carbocycles. The van der Waals surface area contributed by atoms with Gasteiger partial charge in [0.2, 0.25) is 5.60 Å². The number of aliphatic carboxylic acids is 1. The summed E-state index contributed by atoms with van der Waals surface area (Å²) < 4.78 is 5.55. The average molecular weight is 252 g/mol. The molecule has 1 aliphatic rings. The Morgan fingerprint density at radius 2 is 1.89 bits per heavy atom. The molecule has 0 bridgehead atoms. The molecule has 0 atom stereocenters. The van der Waals surface area contributed by atoms with Gasteiger partial charge in [0.1, 0.15) is 11.5 Å². The van der Waals surface area contributed by atoms with Gasteiger partial charge in [0.15, 0.2) is 0 Å². The Morgan fingerprint density at radius 1 is 1.28 bits per heavy atom. The van der Waals surface area contributed by atoms with Gasteiger partial charge in [0.05, 0.1) is 0 Å². The monoisotopic (exact) mass is 252 g/mol. The van der Waals surface area contributed by atoms with Crippen LogP contribution < -0.4 is 4.74 Å². The lowest BCUT2D eigenvalue weighted by Crippen LogP contribution is -2.41. The zero-order chi connectivity index (χ0) is 13.6. The Hall–Kier alpha value is -1.71. The van der Waals surface area contributed by atoms with Crippen LogP contribution in [0.15, 0.2) is 24.3 Å². The summed E-state index contributed by atoms with van der Waals surface area (Å²) in [5.41, 5.74) is -1.10. The Morgan fingerprint density at radius 3 is 2.39 bits per heavy atom. The molecular formula is C14H20O4. The van der Waals surface area contributed by atoms with Crippen molar-refractivity contribution in [3.8, 4) is 11.5 Å². The Labute approximate surface area is 107 Å². The van der Waals surface area contributed by atoms with Crippen molar-refractivity contribution in [3.05, 3.63) is 24.3 Å². The second-order valence-electron chi connectivity index (χ2n) is 4.11. The van der Waals surface area contributed by atoms with E-state index in [1.807, 2.05) is 13.8 Å². The van der Waals surface area contributed by atoms with E-state index in [4.69, 9.17) is 4.74 Å². The molecule has 0 spiro atoms. The first-order valence-electron chi connectivity index (χ1n) is 6.34. The number of phenolic OH excluding ortho intramolecular Hbond substituents is 1. The van der Waals surface area contributed by atoms with Crippen molar-refractivity contribution in [2.75, 3.05) is 0 Å². The number of phenols is 1. The number of benzene rings is 1. The Balaban J connectivity index is 0.000000771. The third kappa shape index (κ3) is 3.15. The number of carboxylic acid groups (broad SMARTS) is 1. The molecule has 0 aromatic heterocycles. The summed E-state index contributed by atoms with van der Waals surface area (Å²) in [6.45, 7) is 4.00. The maximum Gasteiger partial charge on any atom is 0.348 e. The first-order chi connectivity index (χ1) is 8.62. The summed E-state index contributed by atoms with van der Waals surface area (Å²) in [5.74, 6) is -0.436. The van der Waals surface area contributed by atoms with Gasteiger partial charge in [0.25, 0.3) is 0 Å². The van der Waals surface area contributed by atoms with Gasteiger partial charge in [-0.15, -0.1) is 0 Å².